The number of nitrogens with one attached hydrogen (secondary N) is 1. The van der Waals surface area contributed by atoms with E-state index in [4.69, 9.17) is 5.84 Å². The molecule has 2 aromatic rings. The van der Waals surface area contributed by atoms with Crippen LogP contribution in [0.15, 0.2) is 30.3 Å². The van der Waals surface area contributed by atoms with Gasteiger partial charge in [-0.2, -0.15) is 0 Å². The maximum Gasteiger partial charge on any atom is 0.165 e. The first kappa shape index (κ1) is 13.2. The first-order valence-electron chi connectivity index (χ1n) is 4.81. The molecule has 17 heavy (non-hydrogen) atoms. The Hall–Kier alpha value is -1.85. The number of hydrogen-bond donors (Lipinski definition) is 3. The fraction of sp³-hybridized carbons (Fsp3) is 0.0909. The molecule has 0 aliphatic rings. The summed E-state index contributed by atoms with van der Waals surface area (Å²) in [5.74, 6) is 6.06. The molecule has 0 aliphatic heterocycles. The third kappa shape index (κ3) is 2.83. The zero-order valence-corrected chi connectivity index (χ0v) is 10.0. The van der Waals surface area contributed by atoms with Crippen molar-refractivity contribution in [1.82, 2.24) is 10.2 Å². The molecular weight excluding hydrogens is 240 g/mol. The molecule has 2 rings (SSSR count). The van der Waals surface area contributed by atoms with E-state index in [1.165, 1.54) is 0 Å². The molecule has 0 atom stereocenters. The van der Waals surface area contributed by atoms with Crippen LogP contribution in [0.4, 0.5) is 5.82 Å². The topological polar surface area (TPSA) is 84.1 Å². The number of nitrogen functional groups attached to an aromatic ring is 1. The average molecular weight is 253 g/mol. The number of aromatic nitrogens is 2. The summed E-state index contributed by atoms with van der Waals surface area (Å²) in [4.78, 5) is 0. The van der Waals surface area contributed by atoms with Crippen LogP contribution in [0.2, 0.25) is 0 Å². The lowest BCUT2D eigenvalue weighted by Gasteiger charge is -2.05. The summed E-state index contributed by atoms with van der Waals surface area (Å²) in [5, 5.41) is 17.2. The van der Waals surface area contributed by atoms with E-state index in [0.29, 0.717) is 5.82 Å². The van der Waals surface area contributed by atoms with E-state index in [9.17, 15) is 5.11 Å². The second kappa shape index (κ2) is 5.47. The van der Waals surface area contributed by atoms with Crippen LogP contribution in [-0.2, 0) is 0 Å². The van der Waals surface area contributed by atoms with Gasteiger partial charge in [0.15, 0.2) is 5.82 Å². The minimum atomic E-state index is 0. The molecule has 5 nitrogen and oxygen atoms in total. The molecule has 1 aromatic heterocycles. The van der Waals surface area contributed by atoms with Gasteiger partial charge in [-0.15, -0.1) is 22.6 Å². The normalized spacial score (nSPS) is 9.53. The number of aromatic hydroxyl groups is 1. The maximum atomic E-state index is 9.18. The van der Waals surface area contributed by atoms with Gasteiger partial charge in [0, 0.05) is 5.56 Å². The summed E-state index contributed by atoms with van der Waals surface area (Å²) in [6, 6.07) is 8.68. The van der Waals surface area contributed by atoms with E-state index < -0.39 is 0 Å². The summed E-state index contributed by atoms with van der Waals surface area (Å²) in [5.41, 5.74) is 5.03. The number of anilines is 1. The highest BCUT2D eigenvalue weighted by molar-refractivity contribution is 5.85. The van der Waals surface area contributed by atoms with Gasteiger partial charge in [0.2, 0.25) is 0 Å². The van der Waals surface area contributed by atoms with Crippen molar-refractivity contribution >= 4 is 18.2 Å². The minimum absolute atomic E-state index is 0. The third-order valence-electron chi connectivity index (χ3n) is 2.28. The Morgan fingerprint density at radius 3 is 2.35 bits per heavy atom. The average Bonchev–Trinajstić information content (AvgIpc) is 2.30. The number of hydrazine groups is 1. The van der Waals surface area contributed by atoms with Gasteiger partial charge in [-0.3, -0.25) is 0 Å². The standard InChI is InChI=1S/C11H12N4O.ClH/c1-7-6-10(14-15-11(7)13-12)8-2-4-9(16)5-3-8;/h2-6,16H,12H2,1H3,(H,13,15);1H. The van der Waals surface area contributed by atoms with Gasteiger partial charge >= 0.3 is 0 Å². The predicted octanol–water partition coefficient (Wildman–Crippen LogP) is 1.87. The van der Waals surface area contributed by atoms with Gasteiger partial charge < -0.3 is 10.5 Å². The van der Waals surface area contributed by atoms with Crippen LogP contribution in [0.1, 0.15) is 5.56 Å². The first-order chi connectivity index (χ1) is 7.70. The highest BCUT2D eigenvalue weighted by Crippen LogP contribution is 2.21. The summed E-state index contributed by atoms with van der Waals surface area (Å²) >= 11 is 0. The Morgan fingerprint density at radius 1 is 1.18 bits per heavy atom. The van der Waals surface area contributed by atoms with Gasteiger partial charge in [-0.05, 0) is 42.8 Å². The Labute approximate surface area is 105 Å². The molecule has 90 valence electrons. The van der Waals surface area contributed by atoms with Crippen LogP contribution in [0.3, 0.4) is 0 Å². The molecule has 6 heteroatoms. The lowest BCUT2D eigenvalue weighted by Crippen LogP contribution is -2.11. The van der Waals surface area contributed by atoms with Gasteiger partial charge in [0.05, 0.1) is 5.69 Å². The van der Waals surface area contributed by atoms with E-state index in [2.05, 4.69) is 15.6 Å². The van der Waals surface area contributed by atoms with Crippen molar-refractivity contribution in [2.24, 2.45) is 5.84 Å². The smallest absolute Gasteiger partial charge is 0.165 e. The molecule has 0 amide bonds. The zero-order valence-electron chi connectivity index (χ0n) is 9.21. The molecule has 0 unspecified atom stereocenters. The SMILES string of the molecule is Cc1cc(-c2ccc(O)cc2)nnc1NN.Cl. The lowest BCUT2D eigenvalue weighted by atomic mass is 10.1. The largest absolute Gasteiger partial charge is 0.508 e. The lowest BCUT2D eigenvalue weighted by molar-refractivity contribution is 0.475. The van der Waals surface area contributed by atoms with Crippen LogP contribution in [0.5, 0.6) is 5.75 Å². The molecule has 0 saturated heterocycles. The maximum absolute atomic E-state index is 9.18. The van der Waals surface area contributed by atoms with E-state index >= 15 is 0 Å². The Kier molecular flexibility index (Phi) is 4.25. The number of nitrogens with two attached hydrogens (primary N) is 1. The number of benzene rings is 1. The van der Waals surface area contributed by atoms with E-state index in [-0.39, 0.29) is 18.2 Å². The molecule has 0 saturated carbocycles. The number of hydrogen-bond acceptors (Lipinski definition) is 5. The van der Waals surface area contributed by atoms with Gasteiger partial charge in [0.1, 0.15) is 5.75 Å². The van der Waals surface area contributed by atoms with Crippen molar-refractivity contribution in [2.45, 2.75) is 6.92 Å². The van der Waals surface area contributed by atoms with Crippen molar-refractivity contribution in [1.29, 1.82) is 0 Å². The highest BCUT2D eigenvalue weighted by atomic mass is 35.5. The summed E-state index contributed by atoms with van der Waals surface area (Å²) in [6.45, 7) is 1.90. The molecule has 0 bridgehead atoms. The van der Waals surface area contributed by atoms with E-state index in [1.807, 2.05) is 13.0 Å². The second-order valence-corrected chi connectivity index (χ2v) is 3.45. The predicted molar refractivity (Wildman–Crippen MR) is 68.9 cm³/mol. The monoisotopic (exact) mass is 252 g/mol. The number of nitrogens with zero attached hydrogens (tertiary/aromatic N) is 2. The van der Waals surface area contributed by atoms with Crippen LogP contribution in [-0.4, -0.2) is 15.3 Å². The van der Waals surface area contributed by atoms with Crippen LogP contribution < -0.4 is 11.3 Å². The number of halogens is 1. The second-order valence-electron chi connectivity index (χ2n) is 3.45. The highest BCUT2D eigenvalue weighted by Gasteiger charge is 2.04. The van der Waals surface area contributed by atoms with Crippen molar-refractivity contribution < 1.29 is 5.11 Å². The van der Waals surface area contributed by atoms with Gasteiger partial charge in [-0.1, -0.05) is 0 Å². The molecule has 0 aliphatic carbocycles. The minimum Gasteiger partial charge on any atom is -0.508 e. The van der Waals surface area contributed by atoms with Crippen LogP contribution in [0, 0.1) is 6.92 Å². The molecule has 0 radical (unpaired) electrons. The summed E-state index contributed by atoms with van der Waals surface area (Å²) in [6.07, 6.45) is 0. The molecule has 4 N–H and O–H groups in total. The molecule has 0 spiro atoms. The molecule has 1 heterocycles. The molecule has 1 aromatic carbocycles. The number of aryl methyl sites for hydroxylation is 1. The van der Waals surface area contributed by atoms with E-state index in [1.54, 1.807) is 24.3 Å². The first-order valence-corrected chi connectivity index (χ1v) is 4.81. The van der Waals surface area contributed by atoms with Crippen molar-refractivity contribution in [3.63, 3.8) is 0 Å². The Morgan fingerprint density at radius 2 is 1.82 bits per heavy atom. The Bertz CT molecular complexity index is 501. The fourth-order valence-electron chi connectivity index (χ4n) is 1.40. The van der Waals surface area contributed by atoms with Crippen molar-refractivity contribution in [3.8, 4) is 17.0 Å². The molecular formula is C11H13ClN4O. The number of phenols is 1. The van der Waals surface area contributed by atoms with E-state index in [0.717, 1.165) is 16.8 Å². The summed E-state index contributed by atoms with van der Waals surface area (Å²) < 4.78 is 0. The van der Waals surface area contributed by atoms with Crippen LogP contribution >= 0.6 is 12.4 Å². The summed E-state index contributed by atoms with van der Waals surface area (Å²) in [7, 11) is 0. The fourth-order valence-corrected chi connectivity index (χ4v) is 1.40. The van der Waals surface area contributed by atoms with Gasteiger partial charge in [0.25, 0.3) is 0 Å². The zero-order chi connectivity index (χ0) is 11.5. The number of phenolic OH excluding ortho intramolecular Hbond substituents is 1. The van der Waals surface area contributed by atoms with Crippen molar-refractivity contribution in [3.05, 3.63) is 35.9 Å². The third-order valence-corrected chi connectivity index (χ3v) is 2.28. The number of rotatable bonds is 2. The Balaban J connectivity index is 0.00000144. The van der Waals surface area contributed by atoms with Crippen molar-refractivity contribution in [2.75, 3.05) is 5.43 Å². The van der Waals surface area contributed by atoms with Crippen LogP contribution in [0.25, 0.3) is 11.3 Å². The van der Waals surface area contributed by atoms with Gasteiger partial charge in [-0.25, -0.2) is 5.84 Å². The molecule has 0 fully saturated rings. The quantitative estimate of drug-likeness (QED) is 0.561.